The van der Waals surface area contributed by atoms with Gasteiger partial charge in [-0.25, -0.2) is 0 Å². The van der Waals surface area contributed by atoms with Gasteiger partial charge in [0.1, 0.15) is 0 Å². The molecular weight excluding hydrogens is 170 g/mol. The molecule has 0 aromatic rings. The van der Waals surface area contributed by atoms with Crippen LogP contribution in [0.4, 0.5) is 0 Å². The van der Waals surface area contributed by atoms with Crippen LogP contribution in [0.25, 0.3) is 0 Å². The lowest BCUT2D eigenvalue weighted by Crippen LogP contribution is -2.33. The van der Waals surface area contributed by atoms with Gasteiger partial charge in [0.2, 0.25) is 0 Å². The van der Waals surface area contributed by atoms with Crippen LogP contribution in [0.15, 0.2) is 18.4 Å². The highest BCUT2D eigenvalue weighted by Crippen LogP contribution is 2.18. The topological polar surface area (TPSA) is 3.24 Å². The standard InChI is InChI=1S/C13H23N/c1-3-5-6-10-14-11-8-13(7-4-2)9-12-14/h7,13H,2-3,5-6,8-12H2,1H3. The van der Waals surface area contributed by atoms with Crippen molar-refractivity contribution in [3.05, 3.63) is 18.4 Å². The van der Waals surface area contributed by atoms with Gasteiger partial charge in [-0.1, -0.05) is 26.3 Å². The predicted octanol–water partition coefficient (Wildman–Crippen LogP) is 3.23. The van der Waals surface area contributed by atoms with Crippen molar-refractivity contribution in [2.75, 3.05) is 19.6 Å². The molecule has 0 radical (unpaired) electrons. The normalized spacial score (nSPS) is 19.2. The van der Waals surface area contributed by atoms with Crippen molar-refractivity contribution in [3.63, 3.8) is 0 Å². The van der Waals surface area contributed by atoms with Gasteiger partial charge >= 0.3 is 0 Å². The maximum Gasteiger partial charge on any atom is -0.00129 e. The average Bonchev–Trinajstić information content (AvgIpc) is 2.21. The Morgan fingerprint density at radius 2 is 2.07 bits per heavy atom. The maximum absolute atomic E-state index is 3.64. The van der Waals surface area contributed by atoms with Gasteiger partial charge in [0.05, 0.1) is 0 Å². The Hall–Kier alpha value is -0.520. The van der Waals surface area contributed by atoms with Crippen LogP contribution in [0.3, 0.4) is 0 Å². The third-order valence-electron chi connectivity index (χ3n) is 3.06. The number of rotatable bonds is 5. The maximum atomic E-state index is 3.64. The molecule has 0 spiro atoms. The van der Waals surface area contributed by atoms with Crippen LogP contribution < -0.4 is 0 Å². The summed E-state index contributed by atoms with van der Waals surface area (Å²) in [4.78, 5) is 2.60. The van der Waals surface area contributed by atoms with E-state index in [0.29, 0.717) is 0 Å². The first-order valence-electron chi connectivity index (χ1n) is 5.95. The molecule has 0 unspecified atom stereocenters. The molecule has 1 saturated heterocycles. The third kappa shape index (κ3) is 4.13. The van der Waals surface area contributed by atoms with Crippen molar-refractivity contribution in [1.82, 2.24) is 4.90 Å². The van der Waals surface area contributed by atoms with Crippen LogP contribution in [0.2, 0.25) is 0 Å². The lowest BCUT2D eigenvalue weighted by molar-refractivity contribution is 0.200. The fourth-order valence-electron chi connectivity index (χ4n) is 2.10. The van der Waals surface area contributed by atoms with Crippen LogP contribution in [-0.4, -0.2) is 24.5 Å². The van der Waals surface area contributed by atoms with Gasteiger partial charge in [-0.15, -0.1) is 5.73 Å². The first kappa shape index (κ1) is 11.6. The number of hydrogen-bond donors (Lipinski definition) is 0. The van der Waals surface area contributed by atoms with Crippen LogP contribution in [-0.2, 0) is 0 Å². The summed E-state index contributed by atoms with van der Waals surface area (Å²) in [6, 6.07) is 0. The molecule has 14 heavy (non-hydrogen) atoms. The van der Waals surface area contributed by atoms with Gasteiger partial charge in [0.25, 0.3) is 0 Å². The third-order valence-corrected chi connectivity index (χ3v) is 3.06. The van der Waals surface area contributed by atoms with Gasteiger partial charge in [-0.2, -0.15) is 0 Å². The van der Waals surface area contributed by atoms with E-state index in [0.717, 1.165) is 5.92 Å². The molecule has 0 N–H and O–H groups in total. The summed E-state index contributed by atoms with van der Waals surface area (Å²) in [7, 11) is 0. The highest BCUT2D eigenvalue weighted by atomic mass is 15.1. The molecule has 0 bridgehead atoms. The molecule has 0 saturated carbocycles. The Labute approximate surface area is 88.5 Å². The second-order valence-electron chi connectivity index (χ2n) is 4.26. The molecular formula is C13H23N. The van der Waals surface area contributed by atoms with Gasteiger partial charge < -0.3 is 4.90 Å². The van der Waals surface area contributed by atoms with E-state index in [-0.39, 0.29) is 0 Å². The molecule has 1 aliphatic heterocycles. The molecule has 0 aliphatic carbocycles. The van der Waals surface area contributed by atoms with Gasteiger partial charge in [0, 0.05) is 0 Å². The number of unbranched alkanes of at least 4 members (excludes halogenated alkanes) is 2. The minimum atomic E-state index is 0.745. The molecule has 1 aliphatic rings. The zero-order valence-corrected chi connectivity index (χ0v) is 9.47. The molecule has 1 fully saturated rings. The van der Waals surface area contributed by atoms with Crippen molar-refractivity contribution in [2.24, 2.45) is 5.92 Å². The minimum Gasteiger partial charge on any atom is -0.303 e. The van der Waals surface area contributed by atoms with E-state index in [4.69, 9.17) is 0 Å². The van der Waals surface area contributed by atoms with Crippen molar-refractivity contribution < 1.29 is 0 Å². The Morgan fingerprint density at radius 3 is 2.64 bits per heavy atom. The zero-order valence-electron chi connectivity index (χ0n) is 9.47. The zero-order chi connectivity index (χ0) is 10.2. The number of likely N-dealkylation sites (tertiary alicyclic amines) is 1. The molecule has 1 nitrogen and oxygen atoms in total. The summed E-state index contributed by atoms with van der Waals surface area (Å²) in [6.07, 6.45) is 8.83. The smallest absolute Gasteiger partial charge is 0.00129 e. The minimum absolute atomic E-state index is 0.745. The highest BCUT2D eigenvalue weighted by Gasteiger charge is 2.16. The summed E-state index contributed by atoms with van der Waals surface area (Å²) in [6.45, 7) is 9.75. The van der Waals surface area contributed by atoms with Crippen LogP contribution in [0.1, 0.15) is 39.0 Å². The molecule has 80 valence electrons. The molecule has 1 rings (SSSR count). The number of allylic oxidation sites excluding steroid dienone is 1. The Morgan fingerprint density at radius 1 is 1.36 bits per heavy atom. The molecule has 0 aromatic heterocycles. The van der Waals surface area contributed by atoms with Gasteiger partial charge in [-0.05, 0) is 50.9 Å². The monoisotopic (exact) mass is 193 g/mol. The molecule has 0 amide bonds. The SMILES string of the molecule is C=C=CC1CCN(CCCCC)CC1. The molecule has 1 heterocycles. The van der Waals surface area contributed by atoms with E-state index in [2.05, 4.69) is 30.2 Å². The Kier molecular flexibility index (Phi) is 5.66. The van der Waals surface area contributed by atoms with E-state index in [1.54, 1.807) is 0 Å². The first-order chi connectivity index (χ1) is 6.86. The van der Waals surface area contributed by atoms with Crippen LogP contribution in [0, 0.1) is 5.92 Å². The van der Waals surface area contributed by atoms with Gasteiger partial charge in [-0.3, -0.25) is 0 Å². The number of piperidine rings is 1. The largest absolute Gasteiger partial charge is 0.303 e. The Bertz CT molecular complexity index is 183. The van der Waals surface area contributed by atoms with Gasteiger partial charge in [0.15, 0.2) is 0 Å². The average molecular weight is 193 g/mol. The molecule has 1 heteroatoms. The lowest BCUT2D eigenvalue weighted by atomic mass is 9.97. The second kappa shape index (κ2) is 6.86. The predicted molar refractivity (Wildman–Crippen MR) is 62.4 cm³/mol. The quantitative estimate of drug-likeness (QED) is 0.478. The van der Waals surface area contributed by atoms with Crippen molar-refractivity contribution in [1.29, 1.82) is 0 Å². The van der Waals surface area contributed by atoms with E-state index >= 15 is 0 Å². The molecule has 0 aromatic carbocycles. The number of hydrogen-bond acceptors (Lipinski definition) is 1. The van der Waals surface area contributed by atoms with Crippen LogP contribution in [0.5, 0.6) is 0 Å². The van der Waals surface area contributed by atoms with E-state index in [1.165, 1.54) is 51.7 Å². The van der Waals surface area contributed by atoms with Crippen molar-refractivity contribution in [2.45, 2.75) is 39.0 Å². The van der Waals surface area contributed by atoms with Crippen molar-refractivity contribution >= 4 is 0 Å². The summed E-state index contributed by atoms with van der Waals surface area (Å²) in [5, 5.41) is 0. The summed E-state index contributed by atoms with van der Waals surface area (Å²) in [5.74, 6) is 0.745. The van der Waals surface area contributed by atoms with Crippen LogP contribution >= 0.6 is 0 Å². The lowest BCUT2D eigenvalue weighted by Gasteiger charge is -2.30. The van der Waals surface area contributed by atoms with E-state index in [1.807, 2.05) is 0 Å². The Balaban J connectivity index is 2.12. The highest BCUT2D eigenvalue weighted by molar-refractivity contribution is 4.88. The molecule has 0 atom stereocenters. The van der Waals surface area contributed by atoms with E-state index in [9.17, 15) is 0 Å². The second-order valence-corrected chi connectivity index (χ2v) is 4.26. The fraction of sp³-hybridized carbons (Fsp3) is 0.769. The van der Waals surface area contributed by atoms with Crippen molar-refractivity contribution in [3.8, 4) is 0 Å². The summed E-state index contributed by atoms with van der Waals surface area (Å²) in [5.41, 5.74) is 2.91. The first-order valence-corrected chi connectivity index (χ1v) is 5.95. The number of nitrogens with zero attached hydrogens (tertiary/aromatic N) is 1. The summed E-state index contributed by atoms with van der Waals surface area (Å²) >= 11 is 0. The summed E-state index contributed by atoms with van der Waals surface area (Å²) < 4.78 is 0. The fourth-order valence-corrected chi connectivity index (χ4v) is 2.10. The van der Waals surface area contributed by atoms with E-state index < -0.39 is 0 Å².